The van der Waals surface area contributed by atoms with E-state index in [2.05, 4.69) is 20.3 Å². The number of aryl methyl sites for hydroxylation is 2. The first-order valence-electron chi connectivity index (χ1n) is 7.04. The Hall–Kier alpha value is -2.01. The molecule has 0 saturated heterocycles. The van der Waals surface area contributed by atoms with Gasteiger partial charge in [-0.25, -0.2) is 9.97 Å². The second-order valence-electron chi connectivity index (χ2n) is 6.03. The quantitative estimate of drug-likeness (QED) is 0.884. The summed E-state index contributed by atoms with van der Waals surface area (Å²) in [6.07, 6.45) is 1.73. The van der Waals surface area contributed by atoms with Gasteiger partial charge in [0.2, 0.25) is 5.95 Å². The van der Waals surface area contributed by atoms with Crippen LogP contribution in [-0.2, 0) is 0 Å². The Labute approximate surface area is 125 Å². The van der Waals surface area contributed by atoms with Crippen molar-refractivity contribution in [3.8, 4) is 11.3 Å². The van der Waals surface area contributed by atoms with Crippen LogP contribution in [0, 0.1) is 19.3 Å². The van der Waals surface area contributed by atoms with Gasteiger partial charge in [0.1, 0.15) is 0 Å². The highest BCUT2D eigenvalue weighted by Crippen LogP contribution is 2.21. The van der Waals surface area contributed by atoms with E-state index in [1.165, 1.54) is 0 Å². The van der Waals surface area contributed by atoms with Crippen LogP contribution in [0.2, 0.25) is 0 Å². The van der Waals surface area contributed by atoms with Gasteiger partial charge in [-0.05, 0) is 32.0 Å². The molecule has 0 aliphatic heterocycles. The standard InChI is InChI=1S/C16H22N4O/c1-11-5-6-13(12(2)19-11)14-7-8-17-15(20-14)18-9-16(3,4)10-21/h5-8,21H,9-10H2,1-4H3,(H,17,18,20). The fourth-order valence-corrected chi connectivity index (χ4v) is 1.93. The Morgan fingerprint density at radius 1 is 1.14 bits per heavy atom. The Bertz CT molecular complexity index is 625. The fourth-order valence-electron chi connectivity index (χ4n) is 1.93. The van der Waals surface area contributed by atoms with E-state index < -0.39 is 0 Å². The van der Waals surface area contributed by atoms with Crippen LogP contribution in [0.4, 0.5) is 5.95 Å². The Morgan fingerprint density at radius 3 is 2.57 bits per heavy atom. The van der Waals surface area contributed by atoms with Crippen molar-refractivity contribution in [2.75, 3.05) is 18.5 Å². The van der Waals surface area contributed by atoms with Gasteiger partial charge in [-0.1, -0.05) is 13.8 Å². The molecular weight excluding hydrogens is 264 g/mol. The molecule has 0 amide bonds. The summed E-state index contributed by atoms with van der Waals surface area (Å²) in [6, 6.07) is 5.88. The monoisotopic (exact) mass is 286 g/mol. The van der Waals surface area contributed by atoms with E-state index in [0.717, 1.165) is 22.6 Å². The first-order chi connectivity index (χ1) is 9.91. The zero-order chi connectivity index (χ0) is 15.5. The van der Waals surface area contributed by atoms with Crippen molar-refractivity contribution in [2.45, 2.75) is 27.7 Å². The average Bonchev–Trinajstić information content (AvgIpc) is 2.46. The van der Waals surface area contributed by atoms with Crippen molar-refractivity contribution in [1.29, 1.82) is 0 Å². The van der Waals surface area contributed by atoms with Crippen LogP contribution in [0.5, 0.6) is 0 Å². The van der Waals surface area contributed by atoms with Crippen LogP contribution in [-0.4, -0.2) is 33.2 Å². The van der Waals surface area contributed by atoms with Gasteiger partial charge in [-0.15, -0.1) is 0 Å². The average molecular weight is 286 g/mol. The summed E-state index contributed by atoms with van der Waals surface area (Å²) in [4.78, 5) is 13.2. The number of nitrogens with zero attached hydrogens (tertiary/aromatic N) is 3. The van der Waals surface area contributed by atoms with E-state index >= 15 is 0 Å². The van der Waals surface area contributed by atoms with Crippen molar-refractivity contribution in [3.63, 3.8) is 0 Å². The summed E-state index contributed by atoms with van der Waals surface area (Å²) in [7, 11) is 0. The second-order valence-corrected chi connectivity index (χ2v) is 6.03. The number of anilines is 1. The molecule has 0 saturated carbocycles. The highest BCUT2D eigenvalue weighted by Gasteiger charge is 2.16. The molecule has 2 heterocycles. The molecule has 0 atom stereocenters. The minimum atomic E-state index is -0.208. The summed E-state index contributed by atoms with van der Waals surface area (Å²) < 4.78 is 0. The van der Waals surface area contributed by atoms with Crippen molar-refractivity contribution >= 4 is 5.95 Å². The van der Waals surface area contributed by atoms with Gasteiger partial charge in [0.05, 0.1) is 5.69 Å². The highest BCUT2D eigenvalue weighted by atomic mass is 16.3. The molecule has 112 valence electrons. The largest absolute Gasteiger partial charge is 0.396 e. The third-order valence-electron chi connectivity index (χ3n) is 3.31. The number of hydrogen-bond acceptors (Lipinski definition) is 5. The first-order valence-corrected chi connectivity index (χ1v) is 7.04. The van der Waals surface area contributed by atoms with Crippen LogP contribution in [0.3, 0.4) is 0 Å². The van der Waals surface area contributed by atoms with Gasteiger partial charge < -0.3 is 10.4 Å². The van der Waals surface area contributed by atoms with Crippen molar-refractivity contribution in [3.05, 3.63) is 35.8 Å². The molecule has 0 aliphatic rings. The lowest BCUT2D eigenvalue weighted by Gasteiger charge is -2.21. The van der Waals surface area contributed by atoms with E-state index in [1.54, 1.807) is 6.20 Å². The molecule has 2 aromatic rings. The normalized spacial score (nSPS) is 11.5. The third-order valence-corrected chi connectivity index (χ3v) is 3.31. The summed E-state index contributed by atoms with van der Waals surface area (Å²) in [5.74, 6) is 0.564. The summed E-state index contributed by atoms with van der Waals surface area (Å²) in [5, 5.41) is 12.5. The van der Waals surface area contributed by atoms with Gasteiger partial charge >= 0.3 is 0 Å². The third kappa shape index (κ3) is 3.98. The minimum Gasteiger partial charge on any atom is -0.396 e. The molecule has 2 rings (SSSR count). The lowest BCUT2D eigenvalue weighted by atomic mass is 9.95. The number of pyridine rings is 1. The summed E-state index contributed by atoms with van der Waals surface area (Å²) in [5.41, 5.74) is 3.59. The number of rotatable bonds is 5. The number of hydrogen-bond donors (Lipinski definition) is 2. The maximum absolute atomic E-state index is 9.28. The molecule has 21 heavy (non-hydrogen) atoms. The van der Waals surface area contributed by atoms with Crippen molar-refractivity contribution < 1.29 is 5.11 Å². The Balaban J connectivity index is 2.21. The van der Waals surface area contributed by atoms with Gasteiger partial charge in [0, 0.05) is 41.7 Å². The molecule has 2 N–H and O–H groups in total. The number of nitrogens with one attached hydrogen (secondary N) is 1. The lowest BCUT2D eigenvalue weighted by molar-refractivity contribution is 0.170. The summed E-state index contributed by atoms with van der Waals surface area (Å²) in [6.45, 7) is 8.64. The number of aromatic nitrogens is 3. The predicted octanol–water partition coefficient (Wildman–Crippen LogP) is 2.59. The molecule has 0 radical (unpaired) electrons. The van der Waals surface area contributed by atoms with Crippen molar-refractivity contribution in [2.24, 2.45) is 5.41 Å². The van der Waals surface area contributed by atoms with Gasteiger partial charge in [0.25, 0.3) is 0 Å². The smallest absolute Gasteiger partial charge is 0.223 e. The predicted molar refractivity (Wildman–Crippen MR) is 84.1 cm³/mol. The van der Waals surface area contributed by atoms with Crippen molar-refractivity contribution in [1.82, 2.24) is 15.0 Å². The maximum atomic E-state index is 9.28. The molecule has 0 aromatic carbocycles. The van der Waals surface area contributed by atoms with Crippen LogP contribution in [0.25, 0.3) is 11.3 Å². The molecule has 5 nitrogen and oxygen atoms in total. The molecular formula is C16H22N4O. The summed E-state index contributed by atoms with van der Waals surface area (Å²) >= 11 is 0. The molecule has 2 aromatic heterocycles. The van der Waals surface area contributed by atoms with Gasteiger partial charge in [-0.3, -0.25) is 4.98 Å². The Morgan fingerprint density at radius 2 is 1.90 bits per heavy atom. The van der Waals surface area contributed by atoms with Crippen LogP contribution in [0.1, 0.15) is 25.2 Å². The Kier molecular flexibility index (Phi) is 4.53. The zero-order valence-corrected chi connectivity index (χ0v) is 13.0. The number of aliphatic hydroxyl groups excluding tert-OH is 1. The molecule has 0 fully saturated rings. The van der Waals surface area contributed by atoms with Crippen LogP contribution >= 0.6 is 0 Å². The topological polar surface area (TPSA) is 70.9 Å². The molecule has 0 unspecified atom stereocenters. The lowest BCUT2D eigenvalue weighted by Crippen LogP contribution is -2.27. The van der Waals surface area contributed by atoms with E-state index in [-0.39, 0.29) is 12.0 Å². The molecule has 5 heteroatoms. The number of aliphatic hydroxyl groups is 1. The zero-order valence-electron chi connectivity index (χ0n) is 13.0. The van der Waals surface area contributed by atoms with E-state index in [1.807, 2.05) is 45.9 Å². The van der Waals surface area contributed by atoms with Crippen LogP contribution in [0.15, 0.2) is 24.4 Å². The molecule has 0 spiro atoms. The van der Waals surface area contributed by atoms with Crippen LogP contribution < -0.4 is 5.32 Å². The van der Waals surface area contributed by atoms with Gasteiger partial charge in [0.15, 0.2) is 0 Å². The first kappa shape index (κ1) is 15.4. The maximum Gasteiger partial charge on any atom is 0.223 e. The SMILES string of the molecule is Cc1ccc(-c2ccnc(NCC(C)(C)CO)n2)c(C)n1. The van der Waals surface area contributed by atoms with E-state index in [0.29, 0.717) is 12.5 Å². The molecule has 0 aliphatic carbocycles. The highest BCUT2D eigenvalue weighted by molar-refractivity contribution is 5.62. The minimum absolute atomic E-state index is 0.112. The van der Waals surface area contributed by atoms with E-state index in [4.69, 9.17) is 0 Å². The fraction of sp³-hybridized carbons (Fsp3) is 0.438. The van der Waals surface area contributed by atoms with Gasteiger partial charge in [-0.2, -0.15) is 0 Å². The second kappa shape index (κ2) is 6.18. The van der Waals surface area contributed by atoms with E-state index in [9.17, 15) is 5.11 Å². The molecule has 0 bridgehead atoms.